The van der Waals surface area contributed by atoms with E-state index in [1.54, 1.807) is 0 Å². The maximum absolute atomic E-state index is 14.2. The van der Waals surface area contributed by atoms with E-state index in [0.717, 1.165) is 16.8 Å². The van der Waals surface area contributed by atoms with Crippen molar-refractivity contribution < 1.29 is 40.4 Å². The third-order valence-electron chi connectivity index (χ3n) is 6.17. The summed E-state index contributed by atoms with van der Waals surface area (Å²) >= 11 is 11.4. The number of rotatable bonds is 7. The number of anilines is 1. The number of benzene rings is 2. The third-order valence-corrected chi connectivity index (χ3v) is 6.72. The SMILES string of the molecule is Cc1cc(C2=NOC(c3cc(Cl)c(F)c(Cl)c3)(C(F)(F)F)C2)ccc1C(=O)Nc1nc(CC(F)C(F)F)n(C)n1. The molecule has 7 nitrogen and oxygen atoms in total. The van der Waals surface area contributed by atoms with Gasteiger partial charge in [0, 0.05) is 31.0 Å². The van der Waals surface area contributed by atoms with Crippen LogP contribution in [0.25, 0.3) is 0 Å². The van der Waals surface area contributed by atoms with Gasteiger partial charge in [-0.3, -0.25) is 14.8 Å². The standard InChI is InChI=1S/C24H18Cl2F7N5O2/c1-10-5-11(3-4-13(10)21(39)35-22-34-18(38(2)36-22)8-16(27)20(29)30)17-9-23(40-37-17,24(31,32)33)12-6-14(25)19(28)15(26)7-12/h3-7,16,20H,8-9H2,1-2H3,(H,35,36,39). The predicted molar refractivity (Wildman–Crippen MR) is 131 cm³/mol. The summed E-state index contributed by atoms with van der Waals surface area (Å²) in [5, 5.41) is 8.61. The van der Waals surface area contributed by atoms with Crippen molar-refractivity contribution in [3.05, 3.63) is 74.3 Å². The Morgan fingerprint density at radius 3 is 2.40 bits per heavy atom. The van der Waals surface area contributed by atoms with Crippen molar-refractivity contribution in [2.75, 3.05) is 5.32 Å². The molecule has 1 amide bonds. The smallest absolute Gasteiger partial charge is 0.374 e. The first kappa shape index (κ1) is 29.6. The second kappa shape index (κ2) is 10.9. The van der Waals surface area contributed by atoms with Gasteiger partial charge in [-0.1, -0.05) is 34.4 Å². The number of halogens is 9. The van der Waals surface area contributed by atoms with E-state index in [1.807, 2.05) is 0 Å². The van der Waals surface area contributed by atoms with E-state index in [0.29, 0.717) is 5.56 Å². The first-order valence-corrected chi connectivity index (χ1v) is 12.1. The molecular weight excluding hydrogens is 594 g/mol. The second-order valence-corrected chi connectivity index (χ2v) is 9.71. The highest BCUT2D eigenvalue weighted by molar-refractivity contribution is 6.35. The Balaban J connectivity index is 1.54. The van der Waals surface area contributed by atoms with Crippen LogP contribution in [0, 0.1) is 12.7 Å². The van der Waals surface area contributed by atoms with Gasteiger partial charge in [0.25, 0.3) is 17.9 Å². The van der Waals surface area contributed by atoms with Gasteiger partial charge in [-0.2, -0.15) is 18.2 Å². The normalized spacial score (nSPS) is 18.1. The van der Waals surface area contributed by atoms with Crippen molar-refractivity contribution in [1.29, 1.82) is 0 Å². The summed E-state index contributed by atoms with van der Waals surface area (Å²) in [5.41, 5.74) is -3.02. The topological polar surface area (TPSA) is 81.4 Å². The molecule has 0 fully saturated rings. The number of nitrogens with one attached hydrogen (secondary N) is 1. The van der Waals surface area contributed by atoms with Crippen LogP contribution in [0.2, 0.25) is 10.0 Å². The van der Waals surface area contributed by atoms with E-state index in [9.17, 15) is 35.5 Å². The van der Waals surface area contributed by atoms with Crippen molar-refractivity contribution >= 4 is 40.8 Å². The van der Waals surface area contributed by atoms with Crippen LogP contribution in [0.15, 0.2) is 35.5 Å². The largest absolute Gasteiger partial charge is 0.435 e. The average Bonchev–Trinajstić information content (AvgIpc) is 3.46. The van der Waals surface area contributed by atoms with Crippen molar-refractivity contribution in [2.24, 2.45) is 12.2 Å². The molecule has 40 heavy (non-hydrogen) atoms. The second-order valence-electron chi connectivity index (χ2n) is 8.90. The van der Waals surface area contributed by atoms with Crippen LogP contribution in [0.5, 0.6) is 0 Å². The highest BCUT2D eigenvalue weighted by atomic mass is 35.5. The first-order chi connectivity index (χ1) is 18.6. The van der Waals surface area contributed by atoms with Crippen molar-refractivity contribution in [3.8, 4) is 0 Å². The summed E-state index contributed by atoms with van der Waals surface area (Å²) in [4.78, 5) is 21.5. The zero-order chi connectivity index (χ0) is 29.6. The number of aryl methyl sites for hydroxylation is 2. The van der Waals surface area contributed by atoms with Gasteiger partial charge in [-0.25, -0.2) is 17.6 Å². The summed E-state index contributed by atoms with van der Waals surface area (Å²) in [6.45, 7) is 1.51. The molecule has 0 saturated heterocycles. The molecule has 3 aromatic rings. The van der Waals surface area contributed by atoms with Crippen molar-refractivity contribution in [1.82, 2.24) is 14.8 Å². The van der Waals surface area contributed by atoms with Crippen LogP contribution in [0.1, 0.15) is 39.3 Å². The minimum atomic E-state index is -5.00. The zero-order valence-electron chi connectivity index (χ0n) is 20.5. The third kappa shape index (κ3) is 5.59. The Bertz CT molecular complexity index is 1470. The lowest BCUT2D eigenvalue weighted by atomic mass is 9.86. The van der Waals surface area contributed by atoms with Crippen LogP contribution in [-0.2, 0) is 23.9 Å². The Hall–Kier alpha value is -3.39. The van der Waals surface area contributed by atoms with Gasteiger partial charge in [0.2, 0.25) is 5.95 Å². The lowest BCUT2D eigenvalue weighted by molar-refractivity contribution is -0.275. The van der Waals surface area contributed by atoms with Crippen molar-refractivity contribution in [2.45, 2.75) is 44.1 Å². The number of carbonyl (C=O) groups is 1. The van der Waals surface area contributed by atoms with Gasteiger partial charge < -0.3 is 4.84 Å². The zero-order valence-corrected chi connectivity index (χ0v) is 22.0. The van der Waals surface area contributed by atoms with E-state index < -0.39 is 64.5 Å². The Kier molecular flexibility index (Phi) is 8.05. The van der Waals surface area contributed by atoms with Crippen LogP contribution < -0.4 is 5.32 Å². The van der Waals surface area contributed by atoms with E-state index >= 15 is 0 Å². The summed E-state index contributed by atoms with van der Waals surface area (Å²) < 4.78 is 96.0. The number of oxime groups is 1. The minimum Gasteiger partial charge on any atom is -0.374 e. The molecular formula is C24H18Cl2F7N5O2. The number of hydrogen-bond donors (Lipinski definition) is 1. The lowest BCUT2D eigenvalue weighted by Crippen LogP contribution is -2.42. The molecule has 1 aromatic heterocycles. The predicted octanol–water partition coefficient (Wildman–Crippen LogP) is 6.55. The highest BCUT2D eigenvalue weighted by Gasteiger charge is 2.62. The lowest BCUT2D eigenvalue weighted by Gasteiger charge is -2.29. The quantitative estimate of drug-likeness (QED) is 0.243. The summed E-state index contributed by atoms with van der Waals surface area (Å²) in [5.74, 6) is -2.17. The van der Waals surface area contributed by atoms with Gasteiger partial charge >= 0.3 is 6.18 Å². The van der Waals surface area contributed by atoms with Crippen LogP contribution in [0.3, 0.4) is 0 Å². The number of alkyl halides is 6. The van der Waals surface area contributed by atoms with Crippen LogP contribution >= 0.6 is 23.2 Å². The number of amides is 1. The Labute approximate surface area is 231 Å². The average molecular weight is 612 g/mol. The maximum Gasteiger partial charge on any atom is 0.435 e. The fourth-order valence-electron chi connectivity index (χ4n) is 4.03. The fraction of sp³-hybridized carbons (Fsp3) is 0.333. The van der Waals surface area contributed by atoms with Gasteiger partial charge in [0.05, 0.1) is 15.8 Å². The van der Waals surface area contributed by atoms with E-state index in [-0.39, 0.29) is 28.6 Å². The first-order valence-electron chi connectivity index (χ1n) is 11.3. The minimum absolute atomic E-state index is 0.0902. The van der Waals surface area contributed by atoms with Gasteiger partial charge in [-0.15, -0.1) is 5.10 Å². The van der Waals surface area contributed by atoms with E-state index in [4.69, 9.17) is 28.0 Å². The maximum atomic E-state index is 14.2. The van der Waals surface area contributed by atoms with Gasteiger partial charge in [-0.05, 0) is 42.3 Å². The summed E-state index contributed by atoms with van der Waals surface area (Å²) in [7, 11) is 1.34. The number of aromatic nitrogens is 3. The Morgan fingerprint density at radius 2 is 1.82 bits per heavy atom. The molecule has 0 saturated carbocycles. The Morgan fingerprint density at radius 1 is 1.18 bits per heavy atom. The van der Waals surface area contributed by atoms with E-state index in [2.05, 4.69) is 20.6 Å². The molecule has 4 rings (SSSR count). The molecule has 16 heteroatoms. The molecule has 0 aliphatic carbocycles. The summed E-state index contributed by atoms with van der Waals surface area (Å²) in [6.07, 6.45) is -12.2. The summed E-state index contributed by atoms with van der Waals surface area (Å²) in [6, 6.07) is 5.61. The fourth-order valence-corrected chi connectivity index (χ4v) is 4.51. The van der Waals surface area contributed by atoms with E-state index in [1.165, 1.54) is 32.2 Å². The number of nitrogens with zero attached hydrogens (tertiary/aromatic N) is 4. The molecule has 2 atom stereocenters. The van der Waals surface area contributed by atoms with Gasteiger partial charge in [0.15, 0.2) is 12.0 Å². The molecule has 2 heterocycles. The number of carbonyl (C=O) groups excluding carboxylic acids is 1. The monoisotopic (exact) mass is 611 g/mol. The number of hydrogen-bond acceptors (Lipinski definition) is 5. The molecule has 0 spiro atoms. The van der Waals surface area contributed by atoms with Crippen molar-refractivity contribution in [3.63, 3.8) is 0 Å². The van der Waals surface area contributed by atoms with Gasteiger partial charge in [0.1, 0.15) is 5.82 Å². The highest BCUT2D eigenvalue weighted by Crippen LogP contribution is 2.50. The van der Waals surface area contributed by atoms with Crippen LogP contribution in [-0.4, -0.2) is 45.2 Å². The molecule has 1 aliphatic rings. The van der Waals surface area contributed by atoms with Crippen LogP contribution in [0.4, 0.5) is 36.7 Å². The molecule has 1 aliphatic heterocycles. The molecule has 0 bridgehead atoms. The molecule has 214 valence electrons. The molecule has 2 unspecified atom stereocenters. The molecule has 1 N–H and O–H groups in total. The molecule has 0 radical (unpaired) electrons. The molecule has 2 aromatic carbocycles.